The predicted octanol–water partition coefficient (Wildman–Crippen LogP) is 2.06. The van der Waals surface area contributed by atoms with Crippen LogP contribution in [0.1, 0.15) is 24.3 Å². The Morgan fingerprint density at radius 1 is 1.32 bits per heavy atom. The Morgan fingerprint density at radius 3 is 2.58 bits per heavy atom. The summed E-state index contributed by atoms with van der Waals surface area (Å²) in [6.45, 7) is 11.5. The lowest BCUT2D eigenvalue weighted by Crippen LogP contribution is -2.41. The quantitative estimate of drug-likeness (QED) is 0.594. The molecule has 0 aromatic carbocycles. The summed E-state index contributed by atoms with van der Waals surface area (Å²) < 4.78 is 0. The van der Waals surface area contributed by atoms with Crippen LogP contribution in [0, 0.1) is 6.92 Å². The summed E-state index contributed by atoms with van der Waals surface area (Å²) in [5.41, 5.74) is 1.34. The van der Waals surface area contributed by atoms with Crippen LogP contribution in [0.4, 0.5) is 0 Å². The molecule has 1 rings (SSSR count). The van der Waals surface area contributed by atoms with Gasteiger partial charge in [-0.1, -0.05) is 13.8 Å². The van der Waals surface area contributed by atoms with Gasteiger partial charge in [-0.3, -0.25) is 4.99 Å². The van der Waals surface area contributed by atoms with Crippen molar-refractivity contribution in [3.63, 3.8) is 0 Å². The molecule has 0 saturated carbocycles. The van der Waals surface area contributed by atoms with E-state index in [1.54, 1.807) is 11.3 Å². The molecule has 1 aromatic rings. The van der Waals surface area contributed by atoms with E-state index in [1.165, 1.54) is 10.4 Å². The monoisotopic (exact) mass is 282 g/mol. The number of rotatable bonds is 7. The van der Waals surface area contributed by atoms with Gasteiger partial charge >= 0.3 is 0 Å². The number of nitrogens with zero attached hydrogens (tertiary/aromatic N) is 2. The minimum atomic E-state index is 0.842. The topological polar surface area (TPSA) is 39.7 Å². The number of hydrogen-bond acceptors (Lipinski definition) is 3. The molecule has 0 fully saturated rings. The summed E-state index contributed by atoms with van der Waals surface area (Å²) in [7, 11) is 1.81. The SMILES string of the molecule is CCN(CC)CCNC(=NC)NCc1sccc1C. The van der Waals surface area contributed by atoms with Crippen molar-refractivity contribution >= 4 is 17.3 Å². The third-order valence-electron chi connectivity index (χ3n) is 3.22. The van der Waals surface area contributed by atoms with Gasteiger partial charge in [-0.05, 0) is 37.0 Å². The van der Waals surface area contributed by atoms with Crippen LogP contribution in [0.3, 0.4) is 0 Å². The number of guanidine groups is 1. The zero-order chi connectivity index (χ0) is 14.1. The Labute approximate surface area is 120 Å². The van der Waals surface area contributed by atoms with E-state index in [2.05, 4.69) is 52.7 Å². The third-order valence-corrected chi connectivity index (χ3v) is 4.25. The Kier molecular flexibility index (Phi) is 7.52. The van der Waals surface area contributed by atoms with Gasteiger partial charge in [0.25, 0.3) is 0 Å². The molecule has 0 aliphatic carbocycles. The molecule has 4 nitrogen and oxygen atoms in total. The number of thiophene rings is 1. The molecule has 1 heterocycles. The highest BCUT2D eigenvalue weighted by atomic mass is 32.1. The van der Waals surface area contributed by atoms with Crippen LogP contribution >= 0.6 is 11.3 Å². The third kappa shape index (κ3) is 5.61. The molecule has 0 spiro atoms. The molecule has 2 N–H and O–H groups in total. The van der Waals surface area contributed by atoms with E-state index in [0.717, 1.165) is 38.7 Å². The highest BCUT2D eigenvalue weighted by molar-refractivity contribution is 7.10. The van der Waals surface area contributed by atoms with E-state index in [4.69, 9.17) is 0 Å². The normalized spacial score (nSPS) is 11.9. The minimum absolute atomic E-state index is 0.842. The van der Waals surface area contributed by atoms with E-state index < -0.39 is 0 Å². The number of aryl methyl sites for hydroxylation is 1. The summed E-state index contributed by atoms with van der Waals surface area (Å²) in [4.78, 5) is 8.01. The first kappa shape index (κ1) is 16.0. The summed E-state index contributed by atoms with van der Waals surface area (Å²) in [5.74, 6) is 0.875. The largest absolute Gasteiger partial charge is 0.355 e. The van der Waals surface area contributed by atoms with Gasteiger partial charge in [0.2, 0.25) is 0 Å². The Morgan fingerprint density at radius 2 is 2.05 bits per heavy atom. The summed E-state index contributed by atoms with van der Waals surface area (Å²) in [6.07, 6.45) is 0. The Balaban J connectivity index is 2.29. The van der Waals surface area contributed by atoms with Crippen molar-refractivity contribution in [1.29, 1.82) is 0 Å². The molecule has 0 aliphatic heterocycles. The van der Waals surface area contributed by atoms with Gasteiger partial charge < -0.3 is 15.5 Å². The molecular formula is C14H26N4S. The van der Waals surface area contributed by atoms with Crippen LogP contribution < -0.4 is 10.6 Å². The van der Waals surface area contributed by atoms with Crippen molar-refractivity contribution in [2.45, 2.75) is 27.3 Å². The number of hydrogen-bond donors (Lipinski definition) is 2. The van der Waals surface area contributed by atoms with Crippen LogP contribution in [-0.2, 0) is 6.54 Å². The molecule has 0 aliphatic rings. The predicted molar refractivity (Wildman–Crippen MR) is 85.0 cm³/mol. The average molecular weight is 282 g/mol. The smallest absolute Gasteiger partial charge is 0.191 e. The molecule has 5 heteroatoms. The number of nitrogens with one attached hydrogen (secondary N) is 2. The fraction of sp³-hybridized carbons (Fsp3) is 0.643. The second kappa shape index (κ2) is 8.93. The fourth-order valence-electron chi connectivity index (χ4n) is 1.84. The maximum absolute atomic E-state index is 4.25. The zero-order valence-electron chi connectivity index (χ0n) is 12.5. The molecule has 0 saturated heterocycles. The maximum atomic E-state index is 4.25. The van der Waals surface area contributed by atoms with E-state index >= 15 is 0 Å². The molecule has 0 bridgehead atoms. The zero-order valence-corrected chi connectivity index (χ0v) is 13.3. The van der Waals surface area contributed by atoms with Gasteiger partial charge in [0, 0.05) is 25.0 Å². The molecule has 1 aromatic heterocycles. The highest BCUT2D eigenvalue weighted by Gasteiger charge is 2.03. The average Bonchev–Trinajstić information content (AvgIpc) is 2.84. The maximum Gasteiger partial charge on any atom is 0.191 e. The van der Waals surface area contributed by atoms with Crippen molar-refractivity contribution < 1.29 is 0 Å². The molecule has 0 unspecified atom stereocenters. The van der Waals surface area contributed by atoms with Crippen LogP contribution in [-0.4, -0.2) is 44.1 Å². The van der Waals surface area contributed by atoms with Crippen molar-refractivity contribution in [2.24, 2.45) is 4.99 Å². The van der Waals surface area contributed by atoms with E-state index in [9.17, 15) is 0 Å². The lowest BCUT2D eigenvalue weighted by molar-refractivity contribution is 0.308. The Bertz CT molecular complexity index is 383. The standard InChI is InChI=1S/C14H26N4S/c1-5-18(6-2)9-8-16-14(15-4)17-11-13-12(3)7-10-19-13/h7,10H,5-6,8-9,11H2,1-4H3,(H2,15,16,17). The van der Waals surface area contributed by atoms with Gasteiger partial charge in [-0.25, -0.2) is 0 Å². The lowest BCUT2D eigenvalue weighted by atomic mass is 10.3. The molecule has 19 heavy (non-hydrogen) atoms. The summed E-state index contributed by atoms with van der Waals surface area (Å²) in [5, 5.41) is 8.83. The lowest BCUT2D eigenvalue weighted by Gasteiger charge is -2.19. The first-order chi connectivity index (χ1) is 9.21. The second-order valence-electron chi connectivity index (χ2n) is 4.41. The van der Waals surface area contributed by atoms with Crippen molar-refractivity contribution in [3.8, 4) is 0 Å². The van der Waals surface area contributed by atoms with Crippen LogP contribution in [0.5, 0.6) is 0 Å². The Hall–Kier alpha value is -1.07. The van der Waals surface area contributed by atoms with E-state index in [0.29, 0.717) is 0 Å². The summed E-state index contributed by atoms with van der Waals surface area (Å²) >= 11 is 1.78. The van der Waals surface area contributed by atoms with Gasteiger partial charge in [-0.2, -0.15) is 0 Å². The molecule has 0 atom stereocenters. The molecule has 0 radical (unpaired) electrons. The second-order valence-corrected chi connectivity index (χ2v) is 5.41. The highest BCUT2D eigenvalue weighted by Crippen LogP contribution is 2.14. The van der Waals surface area contributed by atoms with Crippen molar-refractivity contribution in [2.75, 3.05) is 33.2 Å². The van der Waals surface area contributed by atoms with Gasteiger partial charge in [-0.15, -0.1) is 11.3 Å². The van der Waals surface area contributed by atoms with Crippen molar-refractivity contribution in [1.82, 2.24) is 15.5 Å². The number of aliphatic imine (C=N–C) groups is 1. The van der Waals surface area contributed by atoms with E-state index in [-0.39, 0.29) is 0 Å². The number of likely N-dealkylation sites (N-methyl/N-ethyl adjacent to an activating group) is 1. The molecule has 0 amide bonds. The van der Waals surface area contributed by atoms with Gasteiger partial charge in [0.15, 0.2) is 5.96 Å². The fourth-order valence-corrected chi connectivity index (χ4v) is 2.69. The molecule has 108 valence electrons. The molecular weight excluding hydrogens is 256 g/mol. The van der Waals surface area contributed by atoms with Gasteiger partial charge in [0.05, 0.1) is 6.54 Å². The van der Waals surface area contributed by atoms with E-state index in [1.807, 2.05) is 7.05 Å². The summed E-state index contributed by atoms with van der Waals surface area (Å²) in [6, 6.07) is 2.15. The van der Waals surface area contributed by atoms with Crippen LogP contribution in [0.2, 0.25) is 0 Å². The van der Waals surface area contributed by atoms with Crippen LogP contribution in [0.25, 0.3) is 0 Å². The van der Waals surface area contributed by atoms with Crippen LogP contribution in [0.15, 0.2) is 16.4 Å². The first-order valence-electron chi connectivity index (χ1n) is 6.91. The minimum Gasteiger partial charge on any atom is -0.355 e. The first-order valence-corrected chi connectivity index (χ1v) is 7.79. The van der Waals surface area contributed by atoms with Gasteiger partial charge in [0.1, 0.15) is 0 Å². The van der Waals surface area contributed by atoms with Crippen molar-refractivity contribution in [3.05, 3.63) is 21.9 Å².